The van der Waals surface area contributed by atoms with Gasteiger partial charge in [0.25, 0.3) is 5.91 Å². The van der Waals surface area contributed by atoms with E-state index in [2.05, 4.69) is 10.1 Å². The number of thiazole rings is 1. The van der Waals surface area contributed by atoms with Crippen LogP contribution in [0, 0.1) is 6.92 Å². The van der Waals surface area contributed by atoms with Crippen molar-refractivity contribution in [1.82, 2.24) is 14.8 Å². The van der Waals surface area contributed by atoms with Gasteiger partial charge in [-0.3, -0.25) is 14.4 Å². The van der Waals surface area contributed by atoms with Crippen LogP contribution in [-0.2, 0) is 22.8 Å². The molecule has 0 bridgehead atoms. The maximum Gasteiger partial charge on any atom is 0.435 e. The summed E-state index contributed by atoms with van der Waals surface area (Å²) < 4.78 is 46.7. The highest BCUT2D eigenvalue weighted by Gasteiger charge is 2.41. The summed E-state index contributed by atoms with van der Waals surface area (Å²) in [7, 11) is 1.76. The molecule has 0 radical (unpaired) electrons. The van der Waals surface area contributed by atoms with E-state index in [0.717, 1.165) is 10.6 Å². The minimum Gasteiger partial charge on any atom is -0.462 e. The molecule has 2 rings (SSSR count). The Balaban J connectivity index is 2.47. The lowest BCUT2D eigenvalue weighted by atomic mass is 10.2. The van der Waals surface area contributed by atoms with Crippen LogP contribution in [-0.4, -0.2) is 39.3 Å². The maximum atomic E-state index is 13.4. The van der Waals surface area contributed by atoms with Crippen LogP contribution in [0.25, 0.3) is 6.08 Å². The van der Waals surface area contributed by atoms with E-state index in [-0.39, 0.29) is 11.7 Å². The maximum absolute atomic E-state index is 13.4. The van der Waals surface area contributed by atoms with Gasteiger partial charge in [0.15, 0.2) is 10.8 Å². The number of carbonyl (C=O) groups excluding carboxylic acids is 2. The van der Waals surface area contributed by atoms with Crippen molar-refractivity contribution >= 4 is 34.4 Å². The van der Waals surface area contributed by atoms with E-state index < -0.39 is 34.7 Å². The van der Waals surface area contributed by atoms with Gasteiger partial charge in [-0.1, -0.05) is 18.3 Å². The largest absolute Gasteiger partial charge is 0.462 e. The second-order valence-electron chi connectivity index (χ2n) is 6.50. The Morgan fingerprint density at radius 3 is 2.53 bits per heavy atom. The van der Waals surface area contributed by atoms with E-state index in [9.17, 15) is 22.8 Å². The van der Waals surface area contributed by atoms with Crippen LogP contribution in [0.3, 0.4) is 0 Å². The first-order valence-corrected chi connectivity index (χ1v) is 10.1. The molecule has 0 saturated heterocycles. The highest BCUT2D eigenvalue weighted by atomic mass is 32.1. The topological polar surface area (TPSA) is 77.3 Å². The Morgan fingerprint density at radius 2 is 2.03 bits per heavy atom. The number of aryl methyl sites for hydroxylation is 1. The summed E-state index contributed by atoms with van der Waals surface area (Å²) in [6.07, 6.45) is 0.00100. The van der Waals surface area contributed by atoms with E-state index in [1.165, 1.54) is 13.0 Å². The Bertz CT molecular complexity index is 949. The standard InChI is InChI=1S/C19H23F3N4O3S/c1-6-11(3)26(14(27)9-8-13-10-23-25(5)12(13)4)18-24-16(19(20,21)22)15(30-18)17(28)29-7-2/h8-11H,6-7H2,1-5H3. The monoisotopic (exact) mass is 444 g/mol. The molecule has 0 aliphatic carbocycles. The lowest BCUT2D eigenvalue weighted by molar-refractivity contribution is -0.141. The molecule has 1 unspecified atom stereocenters. The normalized spacial score (nSPS) is 12.9. The highest BCUT2D eigenvalue weighted by molar-refractivity contribution is 7.17. The second-order valence-corrected chi connectivity index (χ2v) is 7.48. The molecule has 1 atom stereocenters. The summed E-state index contributed by atoms with van der Waals surface area (Å²) in [6, 6.07) is -0.445. The van der Waals surface area contributed by atoms with Gasteiger partial charge < -0.3 is 4.74 Å². The molecule has 164 valence electrons. The summed E-state index contributed by atoms with van der Waals surface area (Å²) in [5.41, 5.74) is 0.179. The van der Waals surface area contributed by atoms with Crippen molar-refractivity contribution in [1.29, 1.82) is 0 Å². The number of esters is 1. The van der Waals surface area contributed by atoms with E-state index >= 15 is 0 Å². The third kappa shape index (κ3) is 5.07. The number of carbonyl (C=O) groups is 2. The number of alkyl halides is 3. The van der Waals surface area contributed by atoms with Gasteiger partial charge in [0.05, 0.1) is 12.8 Å². The van der Waals surface area contributed by atoms with Gasteiger partial charge in [-0.15, -0.1) is 0 Å². The van der Waals surface area contributed by atoms with Gasteiger partial charge >= 0.3 is 12.1 Å². The van der Waals surface area contributed by atoms with E-state index in [0.29, 0.717) is 23.3 Å². The van der Waals surface area contributed by atoms with Crippen LogP contribution in [0.15, 0.2) is 12.3 Å². The fourth-order valence-corrected chi connectivity index (χ4v) is 3.63. The molecule has 0 saturated carbocycles. The van der Waals surface area contributed by atoms with Crippen LogP contribution in [0.4, 0.5) is 18.3 Å². The number of amides is 1. The lowest BCUT2D eigenvalue weighted by Gasteiger charge is -2.24. The number of anilines is 1. The molecule has 0 aromatic carbocycles. The van der Waals surface area contributed by atoms with Crippen LogP contribution in [0.1, 0.15) is 53.8 Å². The van der Waals surface area contributed by atoms with Gasteiger partial charge in [-0.05, 0) is 33.3 Å². The van der Waals surface area contributed by atoms with Crippen molar-refractivity contribution in [3.8, 4) is 0 Å². The smallest absolute Gasteiger partial charge is 0.435 e. The minimum atomic E-state index is -4.86. The Morgan fingerprint density at radius 1 is 1.37 bits per heavy atom. The van der Waals surface area contributed by atoms with Crippen molar-refractivity contribution in [2.45, 2.75) is 46.3 Å². The molecular weight excluding hydrogens is 421 g/mol. The third-order valence-electron chi connectivity index (χ3n) is 4.50. The molecule has 7 nitrogen and oxygen atoms in total. The van der Waals surface area contributed by atoms with Crippen LogP contribution in [0.5, 0.6) is 0 Å². The zero-order chi connectivity index (χ0) is 22.6. The Labute approximate surface area is 176 Å². The molecule has 0 N–H and O–H groups in total. The quantitative estimate of drug-likeness (QED) is 0.472. The van der Waals surface area contributed by atoms with E-state index in [1.807, 2.05) is 6.92 Å². The number of aromatic nitrogens is 3. The summed E-state index contributed by atoms with van der Waals surface area (Å²) in [5.74, 6) is -1.67. The van der Waals surface area contributed by atoms with E-state index in [1.54, 1.807) is 37.8 Å². The molecule has 0 aliphatic rings. The summed E-state index contributed by atoms with van der Waals surface area (Å²) in [4.78, 5) is 29.0. The van der Waals surface area contributed by atoms with Crippen molar-refractivity contribution in [3.63, 3.8) is 0 Å². The zero-order valence-corrected chi connectivity index (χ0v) is 18.1. The predicted molar refractivity (Wildman–Crippen MR) is 107 cm³/mol. The molecule has 30 heavy (non-hydrogen) atoms. The number of rotatable bonds is 7. The number of hydrogen-bond acceptors (Lipinski definition) is 6. The first-order valence-electron chi connectivity index (χ1n) is 9.26. The first kappa shape index (κ1) is 23.6. The molecule has 2 heterocycles. The fourth-order valence-electron chi connectivity index (χ4n) is 2.54. The van der Waals surface area contributed by atoms with Crippen molar-refractivity contribution in [2.24, 2.45) is 7.05 Å². The van der Waals surface area contributed by atoms with Crippen molar-refractivity contribution in [2.75, 3.05) is 11.5 Å². The minimum absolute atomic E-state index is 0.0788. The molecular formula is C19H23F3N4O3S. The summed E-state index contributed by atoms with van der Waals surface area (Å²) >= 11 is 0.493. The average molecular weight is 444 g/mol. The molecule has 0 aliphatic heterocycles. The summed E-state index contributed by atoms with van der Waals surface area (Å²) in [5, 5.41) is 3.87. The second kappa shape index (κ2) is 9.41. The number of hydrogen-bond donors (Lipinski definition) is 0. The van der Waals surface area contributed by atoms with Gasteiger partial charge in [0, 0.05) is 30.4 Å². The Kier molecular flexibility index (Phi) is 7.40. The fraction of sp³-hybridized carbons (Fsp3) is 0.474. The molecule has 11 heteroatoms. The summed E-state index contributed by atoms with van der Waals surface area (Å²) in [6.45, 7) is 6.73. The predicted octanol–water partition coefficient (Wildman–Crippen LogP) is 4.23. The van der Waals surface area contributed by atoms with Crippen LogP contribution < -0.4 is 4.90 Å². The SMILES string of the molecule is CCOC(=O)c1sc(N(C(=O)C=Cc2cnn(C)c2C)C(C)CC)nc1C(F)(F)F. The zero-order valence-electron chi connectivity index (χ0n) is 17.3. The van der Waals surface area contributed by atoms with Gasteiger partial charge in [0.1, 0.15) is 4.88 Å². The van der Waals surface area contributed by atoms with Crippen LogP contribution in [0.2, 0.25) is 0 Å². The molecule has 1 amide bonds. The highest BCUT2D eigenvalue weighted by Crippen LogP contribution is 2.38. The molecule has 0 spiro atoms. The number of halogens is 3. The average Bonchev–Trinajstić information content (AvgIpc) is 3.25. The first-order chi connectivity index (χ1) is 14.0. The number of nitrogens with zero attached hydrogens (tertiary/aromatic N) is 4. The van der Waals surface area contributed by atoms with Gasteiger partial charge in [0.2, 0.25) is 0 Å². The van der Waals surface area contributed by atoms with Crippen molar-refractivity contribution in [3.05, 3.63) is 34.1 Å². The van der Waals surface area contributed by atoms with Crippen molar-refractivity contribution < 1.29 is 27.5 Å². The van der Waals surface area contributed by atoms with Crippen LogP contribution >= 0.6 is 11.3 Å². The molecule has 2 aromatic rings. The lowest BCUT2D eigenvalue weighted by Crippen LogP contribution is -2.37. The number of ether oxygens (including phenoxy) is 1. The third-order valence-corrected chi connectivity index (χ3v) is 5.53. The van der Waals surface area contributed by atoms with Gasteiger partial charge in [-0.25, -0.2) is 9.78 Å². The van der Waals surface area contributed by atoms with E-state index in [4.69, 9.17) is 4.74 Å². The molecule has 0 fully saturated rings. The Hall–Kier alpha value is -2.69. The molecule has 2 aromatic heterocycles. The van der Waals surface area contributed by atoms with Gasteiger partial charge in [-0.2, -0.15) is 18.3 Å².